The number of hydrogen-bond donors (Lipinski definition) is 4. The first kappa shape index (κ1) is 11.4. The van der Waals surface area contributed by atoms with Gasteiger partial charge in [0, 0.05) is 18.3 Å². The zero-order valence-electron chi connectivity index (χ0n) is 8.26. The van der Waals surface area contributed by atoms with E-state index >= 15 is 0 Å². The molecular weight excluding hydrogens is 212 g/mol. The molecule has 0 aliphatic heterocycles. The molecule has 5 nitrogen and oxygen atoms in total. The van der Waals surface area contributed by atoms with Gasteiger partial charge in [0.1, 0.15) is 0 Å². The smallest absolute Gasteiger partial charge is 0.321 e. The predicted molar refractivity (Wildman–Crippen MR) is 62.9 cm³/mol. The van der Waals surface area contributed by atoms with Crippen molar-refractivity contribution >= 4 is 29.1 Å². The number of allylic oxidation sites excluding steroid dienone is 4. The molecule has 0 saturated carbocycles. The molecule has 0 aromatic rings. The van der Waals surface area contributed by atoms with Crippen LogP contribution in [0.4, 0.5) is 4.79 Å². The Morgan fingerprint density at radius 2 is 2.33 bits per heavy atom. The molecule has 0 fully saturated rings. The van der Waals surface area contributed by atoms with Crippen LogP contribution in [0, 0.1) is 5.41 Å². The van der Waals surface area contributed by atoms with Crippen LogP contribution >= 0.6 is 12.2 Å². The molecule has 0 spiro atoms. The lowest BCUT2D eigenvalue weighted by atomic mass is 10.1. The van der Waals surface area contributed by atoms with Gasteiger partial charge in [-0.05, 0) is 6.08 Å². The van der Waals surface area contributed by atoms with E-state index < -0.39 is 6.03 Å². The van der Waals surface area contributed by atoms with Crippen LogP contribution in [0.2, 0.25) is 0 Å². The van der Waals surface area contributed by atoms with Crippen molar-refractivity contribution in [2.45, 2.75) is 6.42 Å². The monoisotopic (exact) mass is 224 g/mol. The molecule has 1 aliphatic rings. The normalized spacial score (nSPS) is 14.2. The summed E-state index contributed by atoms with van der Waals surface area (Å²) in [6, 6.07) is -0.439. The van der Waals surface area contributed by atoms with E-state index in [1.807, 2.05) is 12.2 Å². The van der Waals surface area contributed by atoms with Crippen LogP contribution < -0.4 is 16.0 Å². The lowest BCUT2D eigenvalue weighted by Crippen LogP contribution is -2.44. The summed E-state index contributed by atoms with van der Waals surface area (Å²) in [7, 11) is 1.48. The van der Waals surface area contributed by atoms with E-state index in [9.17, 15) is 4.79 Å². The van der Waals surface area contributed by atoms with Gasteiger partial charge >= 0.3 is 6.03 Å². The third kappa shape index (κ3) is 3.51. The van der Waals surface area contributed by atoms with Crippen molar-refractivity contribution in [3.8, 4) is 0 Å². The molecule has 1 rings (SSSR count). The van der Waals surface area contributed by atoms with E-state index in [1.54, 1.807) is 6.08 Å². The van der Waals surface area contributed by atoms with Crippen LogP contribution in [0.3, 0.4) is 0 Å². The van der Waals surface area contributed by atoms with E-state index in [1.165, 1.54) is 7.05 Å². The van der Waals surface area contributed by atoms with Crippen LogP contribution in [-0.2, 0) is 0 Å². The van der Waals surface area contributed by atoms with Gasteiger partial charge in [-0.25, -0.2) is 4.79 Å². The second-order valence-corrected chi connectivity index (χ2v) is 3.33. The van der Waals surface area contributed by atoms with Gasteiger partial charge in [0.15, 0.2) is 0 Å². The lowest BCUT2D eigenvalue weighted by Gasteiger charge is -2.14. The van der Waals surface area contributed by atoms with Gasteiger partial charge in [-0.1, -0.05) is 24.4 Å². The summed E-state index contributed by atoms with van der Waals surface area (Å²) < 4.78 is 0. The van der Waals surface area contributed by atoms with Crippen LogP contribution in [-0.4, -0.2) is 23.9 Å². The standard InChI is InChI=1S/C9H12N4OS/c1-11-9(14)13-8(10)12-6-4-2-3-5-7(6)15/h2-4H,5H2,1H3,(H4,10,11,12,13,14). The van der Waals surface area contributed by atoms with Crippen molar-refractivity contribution in [2.24, 2.45) is 0 Å². The van der Waals surface area contributed by atoms with Gasteiger partial charge in [-0.2, -0.15) is 0 Å². The Morgan fingerprint density at radius 3 is 2.93 bits per heavy atom. The van der Waals surface area contributed by atoms with E-state index in [4.69, 9.17) is 17.6 Å². The maximum atomic E-state index is 10.9. The molecule has 0 atom stereocenters. The highest BCUT2D eigenvalue weighted by Gasteiger charge is 2.09. The molecule has 4 N–H and O–H groups in total. The molecule has 6 heteroatoms. The summed E-state index contributed by atoms with van der Waals surface area (Å²) in [5, 5.41) is 14.8. The molecule has 80 valence electrons. The first-order valence-electron chi connectivity index (χ1n) is 4.38. The molecule has 0 aromatic heterocycles. The van der Waals surface area contributed by atoms with Gasteiger partial charge in [-0.15, -0.1) is 0 Å². The summed E-state index contributed by atoms with van der Waals surface area (Å²) >= 11 is 5.08. The fraction of sp³-hybridized carbons (Fsp3) is 0.222. The topological polar surface area (TPSA) is 77.0 Å². The number of nitrogens with one attached hydrogen (secondary N) is 4. The Labute approximate surface area is 93.1 Å². The zero-order valence-corrected chi connectivity index (χ0v) is 9.07. The fourth-order valence-corrected chi connectivity index (χ4v) is 1.21. The number of rotatable bonds is 1. The molecule has 0 heterocycles. The molecule has 0 radical (unpaired) electrons. The predicted octanol–water partition coefficient (Wildman–Crippen LogP) is 0.653. The number of amides is 2. The number of carbonyl (C=O) groups is 1. The second-order valence-electron chi connectivity index (χ2n) is 2.84. The van der Waals surface area contributed by atoms with Crippen LogP contribution in [0.25, 0.3) is 0 Å². The van der Waals surface area contributed by atoms with E-state index in [0.29, 0.717) is 12.1 Å². The number of thiocarbonyl (C=S) groups is 1. The summed E-state index contributed by atoms with van der Waals surface area (Å²) in [5.41, 5.74) is 0.675. The van der Waals surface area contributed by atoms with Gasteiger partial charge in [-0.3, -0.25) is 10.7 Å². The quantitative estimate of drug-likeness (QED) is 0.300. The van der Waals surface area contributed by atoms with E-state index in [2.05, 4.69) is 16.0 Å². The van der Waals surface area contributed by atoms with Crippen LogP contribution in [0.15, 0.2) is 23.9 Å². The molecule has 0 saturated heterocycles. The Kier molecular flexibility index (Phi) is 3.99. The summed E-state index contributed by atoms with van der Waals surface area (Å²) in [6.45, 7) is 0. The molecule has 2 amide bonds. The van der Waals surface area contributed by atoms with Gasteiger partial charge in [0.05, 0.1) is 5.70 Å². The Balaban J connectivity index is 2.51. The molecule has 1 aliphatic carbocycles. The van der Waals surface area contributed by atoms with Gasteiger partial charge in [0.2, 0.25) is 5.96 Å². The summed E-state index contributed by atoms with van der Waals surface area (Å²) in [6.07, 6.45) is 6.24. The third-order valence-corrected chi connectivity index (χ3v) is 2.11. The van der Waals surface area contributed by atoms with Crippen molar-refractivity contribution in [3.63, 3.8) is 0 Å². The third-order valence-electron chi connectivity index (χ3n) is 1.73. The summed E-state index contributed by atoms with van der Waals surface area (Å²) in [4.78, 5) is 11.6. The molecular formula is C9H12N4OS. The SMILES string of the molecule is CNC(=O)NC(=N)NC1=CC=CCC1=S. The molecule has 15 heavy (non-hydrogen) atoms. The van der Waals surface area contributed by atoms with Crippen LogP contribution in [0.1, 0.15) is 6.42 Å². The Hall–Kier alpha value is -1.69. The first-order chi connectivity index (χ1) is 7.13. The highest BCUT2D eigenvalue weighted by atomic mass is 32.1. The van der Waals surface area contributed by atoms with E-state index in [-0.39, 0.29) is 5.96 Å². The Morgan fingerprint density at radius 1 is 1.60 bits per heavy atom. The van der Waals surface area contributed by atoms with Crippen molar-refractivity contribution in [1.82, 2.24) is 16.0 Å². The second kappa shape index (κ2) is 5.26. The molecule has 0 aromatic carbocycles. The summed E-state index contributed by atoms with van der Waals surface area (Å²) in [5.74, 6) is -0.0988. The number of hydrogen-bond acceptors (Lipinski definition) is 3. The lowest BCUT2D eigenvalue weighted by molar-refractivity contribution is 0.247. The molecule has 0 bridgehead atoms. The number of guanidine groups is 1. The van der Waals surface area contributed by atoms with Crippen molar-refractivity contribution in [3.05, 3.63) is 23.9 Å². The van der Waals surface area contributed by atoms with Crippen molar-refractivity contribution < 1.29 is 4.79 Å². The van der Waals surface area contributed by atoms with Crippen molar-refractivity contribution in [2.75, 3.05) is 7.05 Å². The first-order valence-corrected chi connectivity index (χ1v) is 4.78. The minimum absolute atomic E-state index is 0.0988. The molecule has 0 unspecified atom stereocenters. The minimum atomic E-state index is -0.439. The average molecular weight is 224 g/mol. The number of urea groups is 1. The fourth-order valence-electron chi connectivity index (χ4n) is 0.996. The van der Waals surface area contributed by atoms with Crippen molar-refractivity contribution in [1.29, 1.82) is 5.41 Å². The average Bonchev–Trinajstić information content (AvgIpc) is 2.21. The highest BCUT2D eigenvalue weighted by molar-refractivity contribution is 7.80. The largest absolute Gasteiger partial charge is 0.341 e. The maximum absolute atomic E-state index is 10.9. The maximum Gasteiger partial charge on any atom is 0.321 e. The van der Waals surface area contributed by atoms with Gasteiger partial charge in [0.25, 0.3) is 0 Å². The highest BCUT2D eigenvalue weighted by Crippen LogP contribution is 2.06. The number of carbonyl (C=O) groups excluding carboxylic acids is 1. The Bertz CT molecular complexity index is 359. The van der Waals surface area contributed by atoms with E-state index in [0.717, 1.165) is 4.86 Å². The van der Waals surface area contributed by atoms with Crippen LogP contribution in [0.5, 0.6) is 0 Å². The zero-order chi connectivity index (χ0) is 11.3. The minimum Gasteiger partial charge on any atom is -0.341 e. The van der Waals surface area contributed by atoms with Gasteiger partial charge < -0.3 is 10.6 Å².